The van der Waals surface area contributed by atoms with Gasteiger partial charge in [-0.15, -0.1) is 0 Å². The van der Waals surface area contributed by atoms with Gasteiger partial charge in [0.15, 0.2) is 0 Å². The fourth-order valence-corrected chi connectivity index (χ4v) is 0.601. The molecule has 0 aromatic carbocycles. The monoisotopic (exact) mass is 140 g/mol. The van der Waals surface area contributed by atoms with Gasteiger partial charge in [0, 0.05) is 19.4 Å². The summed E-state index contributed by atoms with van der Waals surface area (Å²) in [6.45, 7) is 0. The van der Waals surface area contributed by atoms with Crippen molar-refractivity contribution < 1.29 is 4.79 Å². The van der Waals surface area contributed by atoms with Crippen LogP contribution in [0, 0.1) is 0 Å². The van der Waals surface area contributed by atoms with Gasteiger partial charge in [0.2, 0.25) is 5.82 Å². The van der Waals surface area contributed by atoms with E-state index in [1.165, 1.54) is 24.1 Å². The molecular formula is C5H8N4O. The lowest BCUT2D eigenvalue weighted by atomic mass is 10.6. The molecule has 54 valence electrons. The highest BCUT2D eigenvalue weighted by molar-refractivity contribution is 5.90. The quantitative estimate of drug-likeness (QED) is 0.489. The van der Waals surface area contributed by atoms with Crippen LogP contribution >= 0.6 is 0 Å². The molecule has 0 aliphatic heterocycles. The van der Waals surface area contributed by atoms with E-state index in [-0.39, 0.29) is 11.7 Å². The Kier molecular flexibility index (Phi) is 1.57. The molecule has 1 aromatic heterocycles. The number of nitrogens with one attached hydrogen (secondary N) is 1. The number of rotatable bonds is 1. The first kappa shape index (κ1) is 6.60. The van der Waals surface area contributed by atoms with E-state index in [9.17, 15) is 4.79 Å². The minimum absolute atomic E-state index is 0.211. The molecular weight excluding hydrogens is 132 g/mol. The lowest BCUT2D eigenvalue weighted by Gasteiger charge is -1.97. The maximum Gasteiger partial charge on any atom is 0.288 e. The smallest absolute Gasteiger partial charge is 0.288 e. The summed E-state index contributed by atoms with van der Waals surface area (Å²) < 4.78 is 1.17. The first-order valence-corrected chi connectivity index (χ1v) is 2.76. The van der Waals surface area contributed by atoms with Crippen LogP contribution in [-0.2, 0) is 0 Å². The van der Waals surface area contributed by atoms with Crippen LogP contribution in [0.2, 0.25) is 0 Å². The number of hydrogen-bond acceptors (Lipinski definition) is 3. The minimum Gasteiger partial charge on any atom is -0.352 e. The van der Waals surface area contributed by atoms with E-state index in [2.05, 4.69) is 10.3 Å². The van der Waals surface area contributed by atoms with Crippen LogP contribution in [0.15, 0.2) is 12.4 Å². The summed E-state index contributed by atoms with van der Waals surface area (Å²) in [6.07, 6.45) is 2.97. The molecule has 10 heavy (non-hydrogen) atoms. The molecule has 0 atom stereocenters. The Balaban J connectivity index is 2.93. The fraction of sp³-hybridized carbons (Fsp3) is 0.200. The molecule has 0 spiro atoms. The number of imidazole rings is 1. The molecule has 0 fully saturated rings. The topological polar surface area (TPSA) is 72.9 Å². The maximum absolute atomic E-state index is 10.8. The van der Waals surface area contributed by atoms with E-state index >= 15 is 0 Å². The van der Waals surface area contributed by atoms with E-state index in [0.717, 1.165) is 0 Å². The van der Waals surface area contributed by atoms with Crippen molar-refractivity contribution in [2.45, 2.75) is 0 Å². The molecule has 1 heterocycles. The van der Waals surface area contributed by atoms with Crippen LogP contribution in [0.1, 0.15) is 10.6 Å². The summed E-state index contributed by atoms with van der Waals surface area (Å²) in [7, 11) is 1.52. The zero-order valence-corrected chi connectivity index (χ0v) is 5.53. The average Bonchev–Trinajstić information content (AvgIpc) is 2.34. The van der Waals surface area contributed by atoms with Crippen molar-refractivity contribution >= 4 is 5.91 Å². The van der Waals surface area contributed by atoms with Gasteiger partial charge in [-0.25, -0.2) is 9.66 Å². The number of hydrogen-bond donors (Lipinski definition) is 2. The Hall–Kier alpha value is -1.52. The summed E-state index contributed by atoms with van der Waals surface area (Å²) >= 11 is 0. The van der Waals surface area contributed by atoms with Crippen LogP contribution < -0.4 is 11.2 Å². The van der Waals surface area contributed by atoms with Gasteiger partial charge < -0.3 is 11.2 Å². The normalized spacial score (nSPS) is 9.30. The number of aromatic nitrogens is 2. The lowest BCUT2D eigenvalue weighted by Crippen LogP contribution is -2.25. The summed E-state index contributed by atoms with van der Waals surface area (Å²) in [4.78, 5) is 14.5. The van der Waals surface area contributed by atoms with E-state index in [1.807, 2.05) is 0 Å². The Morgan fingerprint density at radius 1 is 1.90 bits per heavy atom. The highest BCUT2D eigenvalue weighted by Gasteiger charge is 2.07. The van der Waals surface area contributed by atoms with E-state index < -0.39 is 0 Å². The first-order chi connectivity index (χ1) is 4.75. The van der Waals surface area contributed by atoms with E-state index in [0.29, 0.717) is 0 Å². The molecule has 1 amide bonds. The van der Waals surface area contributed by atoms with Gasteiger partial charge in [0.05, 0.1) is 0 Å². The SMILES string of the molecule is CNC(=O)c1nccn1N. The minimum atomic E-state index is -0.285. The molecule has 0 aliphatic rings. The summed E-state index contributed by atoms with van der Waals surface area (Å²) in [6, 6.07) is 0. The number of nitrogens with zero attached hydrogens (tertiary/aromatic N) is 2. The largest absolute Gasteiger partial charge is 0.352 e. The van der Waals surface area contributed by atoms with Crippen LogP contribution in [0.5, 0.6) is 0 Å². The van der Waals surface area contributed by atoms with Crippen molar-refractivity contribution in [1.29, 1.82) is 0 Å². The van der Waals surface area contributed by atoms with Crippen molar-refractivity contribution in [3.05, 3.63) is 18.2 Å². The molecule has 0 saturated carbocycles. The Morgan fingerprint density at radius 3 is 3.00 bits per heavy atom. The van der Waals surface area contributed by atoms with Gasteiger partial charge in [0.1, 0.15) is 0 Å². The first-order valence-electron chi connectivity index (χ1n) is 2.76. The van der Waals surface area contributed by atoms with Crippen molar-refractivity contribution in [2.24, 2.45) is 0 Å². The number of carbonyl (C=O) groups excluding carboxylic acids is 1. The van der Waals surface area contributed by atoms with Gasteiger partial charge >= 0.3 is 0 Å². The van der Waals surface area contributed by atoms with Crippen LogP contribution in [0.4, 0.5) is 0 Å². The van der Waals surface area contributed by atoms with Crippen LogP contribution in [-0.4, -0.2) is 22.6 Å². The fourth-order valence-electron chi connectivity index (χ4n) is 0.601. The Bertz CT molecular complexity index is 242. The zero-order chi connectivity index (χ0) is 7.56. The molecule has 3 N–H and O–H groups in total. The highest BCUT2D eigenvalue weighted by Crippen LogP contribution is 1.89. The standard InChI is InChI=1S/C5H8N4O/c1-7-5(10)4-8-2-3-9(4)6/h2-3H,6H2,1H3,(H,7,10). The molecule has 5 nitrogen and oxygen atoms in total. The number of amides is 1. The molecule has 0 aliphatic carbocycles. The average molecular weight is 140 g/mol. The third kappa shape index (κ3) is 0.928. The zero-order valence-electron chi connectivity index (χ0n) is 5.53. The lowest BCUT2D eigenvalue weighted by molar-refractivity contribution is 0.0950. The number of carbonyl (C=O) groups is 1. The molecule has 1 rings (SSSR count). The van der Waals surface area contributed by atoms with Crippen molar-refractivity contribution in [2.75, 3.05) is 12.9 Å². The van der Waals surface area contributed by atoms with Gasteiger partial charge in [-0.05, 0) is 0 Å². The second kappa shape index (κ2) is 2.38. The summed E-state index contributed by atoms with van der Waals surface area (Å²) in [5.41, 5.74) is 0. The second-order valence-corrected chi connectivity index (χ2v) is 1.74. The Labute approximate surface area is 57.8 Å². The van der Waals surface area contributed by atoms with Gasteiger partial charge in [0.25, 0.3) is 5.91 Å². The predicted molar refractivity (Wildman–Crippen MR) is 35.8 cm³/mol. The molecule has 0 bridgehead atoms. The van der Waals surface area contributed by atoms with Gasteiger partial charge in [-0.3, -0.25) is 4.79 Å². The summed E-state index contributed by atoms with van der Waals surface area (Å²) in [5.74, 6) is 5.24. The van der Waals surface area contributed by atoms with Crippen molar-refractivity contribution in [3.63, 3.8) is 0 Å². The summed E-state index contributed by atoms with van der Waals surface area (Å²) in [5, 5.41) is 2.41. The predicted octanol–water partition coefficient (Wildman–Crippen LogP) is -1.04. The molecule has 0 saturated heterocycles. The molecule has 5 heteroatoms. The highest BCUT2D eigenvalue weighted by atomic mass is 16.2. The Morgan fingerprint density at radius 2 is 2.60 bits per heavy atom. The van der Waals surface area contributed by atoms with Crippen molar-refractivity contribution in [1.82, 2.24) is 15.0 Å². The van der Waals surface area contributed by atoms with E-state index in [4.69, 9.17) is 5.84 Å². The van der Waals surface area contributed by atoms with Crippen LogP contribution in [0.3, 0.4) is 0 Å². The molecule has 0 unspecified atom stereocenters. The third-order valence-corrected chi connectivity index (χ3v) is 1.10. The van der Waals surface area contributed by atoms with E-state index in [1.54, 1.807) is 0 Å². The van der Waals surface area contributed by atoms with Gasteiger partial charge in [-0.2, -0.15) is 0 Å². The second-order valence-electron chi connectivity index (χ2n) is 1.74. The molecule has 0 radical (unpaired) electrons. The maximum atomic E-state index is 10.8. The van der Waals surface area contributed by atoms with Gasteiger partial charge in [-0.1, -0.05) is 0 Å². The third-order valence-electron chi connectivity index (χ3n) is 1.10. The molecule has 1 aromatic rings. The number of nitrogen functional groups attached to an aromatic ring is 1. The van der Waals surface area contributed by atoms with Crippen LogP contribution in [0.25, 0.3) is 0 Å². The number of nitrogens with two attached hydrogens (primary N) is 1. The van der Waals surface area contributed by atoms with Crippen molar-refractivity contribution in [3.8, 4) is 0 Å².